The number of halogens is 1. The van der Waals surface area contributed by atoms with Crippen molar-refractivity contribution in [2.24, 2.45) is 11.7 Å². The predicted octanol–water partition coefficient (Wildman–Crippen LogP) is 2.71. The molecule has 2 atom stereocenters. The Morgan fingerprint density at radius 1 is 1.57 bits per heavy atom. The van der Waals surface area contributed by atoms with Gasteiger partial charge >= 0.3 is 0 Å². The molecule has 0 aliphatic carbocycles. The fraction of sp³-hybridized carbons (Fsp3) is 0.562. The Balaban J connectivity index is 2.15. The molecular formula is C16H24ClN3O. The molecule has 0 aromatic heterocycles. The molecule has 1 fully saturated rings. The van der Waals surface area contributed by atoms with Crippen LogP contribution in [0.1, 0.15) is 38.3 Å². The zero-order chi connectivity index (χ0) is 15.4. The van der Waals surface area contributed by atoms with Gasteiger partial charge in [-0.2, -0.15) is 0 Å². The average molecular weight is 310 g/mol. The fourth-order valence-corrected chi connectivity index (χ4v) is 3.21. The number of piperidine rings is 1. The van der Waals surface area contributed by atoms with E-state index >= 15 is 0 Å². The van der Waals surface area contributed by atoms with Crippen LogP contribution in [0.2, 0.25) is 5.02 Å². The van der Waals surface area contributed by atoms with Gasteiger partial charge in [0.25, 0.3) is 0 Å². The summed E-state index contributed by atoms with van der Waals surface area (Å²) in [4.78, 5) is 13.6. The Morgan fingerprint density at radius 3 is 2.95 bits per heavy atom. The molecule has 0 spiro atoms. The molecular weight excluding hydrogens is 286 g/mol. The molecule has 1 heterocycles. The van der Waals surface area contributed by atoms with Crippen molar-refractivity contribution in [3.05, 3.63) is 28.8 Å². The summed E-state index contributed by atoms with van der Waals surface area (Å²) in [7, 11) is 0. The summed E-state index contributed by atoms with van der Waals surface area (Å²) in [5.41, 5.74) is 7.61. The number of anilines is 1. The van der Waals surface area contributed by atoms with Gasteiger partial charge in [0.2, 0.25) is 5.91 Å². The quantitative estimate of drug-likeness (QED) is 0.879. The number of carbonyl (C=O) groups excluding carboxylic acids is 1. The summed E-state index contributed by atoms with van der Waals surface area (Å²) in [6.07, 6.45) is 1.85. The zero-order valence-electron chi connectivity index (χ0n) is 12.7. The van der Waals surface area contributed by atoms with E-state index in [1.807, 2.05) is 6.07 Å². The third-order valence-electron chi connectivity index (χ3n) is 4.15. The van der Waals surface area contributed by atoms with Crippen LogP contribution < -0.4 is 16.0 Å². The average Bonchev–Trinajstić information content (AvgIpc) is 2.47. The molecule has 0 saturated carbocycles. The van der Waals surface area contributed by atoms with E-state index in [0.717, 1.165) is 36.6 Å². The van der Waals surface area contributed by atoms with Crippen LogP contribution in [0.3, 0.4) is 0 Å². The molecule has 1 aliphatic rings. The van der Waals surface area contributed by atoms with Crippen LogP contribution in [0, 0.1) is 5.92 Å². The van der Waals surface area contributed by atoms with Gasteiger partial charge in [0.15, 0.2) is 0 Å². The van der Waals surface area contributed by atoms with E-state index in [1.54, 1.807) is 0 Å². The van der Waals surface area contributed by atoms with Gasteiger partial charge in [-0.25, -0.2) is 0 Å². The number of rotatable bonds is 5. The third kappa shape index (κ3) is 3.89. The lowest BCUT2D eigenvalue weighted by Crippen LogP contribution is -2.41. The first-order chi connectivity index (χ1) is 10.0. The highest BCUT2D eigenvalue weighted by Crippen LogP contribution is 2.32. The Hall–Kier alpha value is -1.26. The van der Waals surface area contributed by atoms with Crippen molar-refractivity contribution in [2.45, 2.75) is 32.7 Å². The summed E-state index contributed by atoms with van der Waals surface area (Å²) < 4.78 is 0. The van der Waals surface area contributed by atoms with Gasteiger partial charge in [-0.05, 0) is 44.0 Å². The number of hydrogen-bond donors (Lipinski definition) is 2. The summed E-state index contributed by atoms with van der Waals surface area (Å²) in [6.45, 7) is 6.72. The van der Waals surface area contributed by atoms with E-state index in [2.05, 4.69) is 36.2 Å². The van der Waals surface area contributed by atoms with Crippen LogP contribution in [-0.4, -0.2) is 25.5 Å². The Labute approximate surface area is 131 Å². The lowest BCUT2D eigenvalue weighted by Gasteiger charge is -2.33. The Bertz CT molecular complexity index is 506. The first-order valence-electron chi connectivity index (χ1n) is 7.60. The molecule has 0 bridgehead atoms. The second-order valence-corrected chi connectivity index (χ2v) is 6.08. The Morgan fingerprint density at radius 2 is 2.33 bits per heavy atom. The highest BCUT2D eigenvalue weighted by Gasteiger charge is 2.25. The van der Waals surface area contributed by atoms with Gasteiger partial charge in [0.05, 0.1) is 16.6 Å². The molecule has 2 unspecified atom stereocenters. The number of hydrogen-bond acceptors (Lipinski definition) is 3. The lowest BCUT2D eigenvalue weighted by atomic mass is 9.96. The summed E-state index contributed by atoms with van der Waals surface area (Å²) >= 11 is 6.45. The molecule has 4 nitrogen and oxygen atoms in total. The van der Waals surface area contributed by atoms with Crippen molar-refractivity contribution in [3.8, 4) is 0 Å². The minimum atomic E-state index is -0.215. The van der Waals surface area contributed by atoms with Crippen molar-refractivity contribution >= 4 is 23.2 Å². The molecule has 1 aromatic carbocycles. The number of amides is 1. The SMILES string of the molecule is CCNC(C)c1ccc(N2CCCC(C(N)=O)C2)c(Cl)c1. The van der Waals surface area contributed by atoms with Crippen LogP contribution in [0.25, 0.3) is 0 Å². The molecule has 5 heteroatoms. The normalized spacial score (nSPS) is 20.3. The lowest BCUT2D eigenvalue weighted by molar-refractivity contribution is -0.122. The van der Waals surface area contributed by atoms with Crippen LogP contribution in [0.4, 0.5) is 5.69 Å². The van der Waals surface area contributed by atoms with E-state index in [4.69, 9.17) is 17.3 Å². The summed E-state index contributed by atoms with van der Waals surface area (Å²) in [6, 6.07) is 6.44. The Kier molecular flexibility index (Phi) is 5.48. The number of primary amides is 1. The van der Waals surface area contributed by atoms with Gasteiger partial charge in [-0.1, -0.05) is 24.6 Å². The smallest absolute Gasteiger partial charge is 0.222 e. The second kappa shape index (κ2) is 7.14. The minimum absolute atomic E-state index is 0.0739. The standard InChI is InChI=1S/C16H24ClN3O/c1-3-19-11(2)12-6-7-15(14(17)9-12)20-8-4-5-13(10-20)16(18)21/h6-7,9,11,13,19H,3-5,8,10H2,1-2H3,(H2,18,21). The van der Waals surface area contributed by atoms with E-state index in [9.17, 15) is 4.79 Å². The number of nitrogens with two attached hydrogens (primary N) is 1. The molecule has 1 aliphatic heterocycles. The topological polar surface area (TPSA) is 58.4 Å². The predicted molar refractivity (Wildman–Crippen MR) is 87.7 cm³/mol. The number of nitrogens with one attached hydrogen (secondary N) is 1. The highest BCUT2D eigenvalue weighted by atomic mass is 35.5. The van der Waals surface area contributed by atoms with Crippen molar-refractivity contribution in [2.75, 3.05) is 24.5 Å². The first-order valence-corrected chi connectivity index (χ1v) is 7.97. The van der Waals surface area contributed by atoms with Gasteiger partial charge < -0.3 is 16.0 Å². The molecule has 116 valence electrons. The first kappa shape index (κ1) is 16.1. The van der Waals surface area contributed by atoms with Crippen molar-refractivity contribution in [3.63, 3.8) is 0 Å². The number of carbonyl (C=O) groups is 1. The van der Waals surface area contributed by atoms with E-state index < -0.39 is 0 Å². The summed E-state index contributed by atoms with van der Waals surface area (Å²) in [5.74, 6) is -0.289. The maximum atomic E-state index is 11.4. The maximum Gasteiger partial charge on any atom is 0.222 e. The summed E-state index contributed by atoms with van der Waals surface area (Å²) in [5, 5.41) is 4.11. The van der Waals surface area contributed by atoms with Crippen LogP contribution in [-0.2, 0) is 4.79 Å². The van der Waals surface area contributed by atoms with E-state index in [-0.39, 0.29) is 17.9 Å². The van der Waals surface area contributed by atoms with Gasteiger partial charge in [-0.3, -0.25) is 4.79 Å². The van der Waals surface area contributed by atoms with Crippen molar-refractivity contribution in [1.82, 2.24) is 5.32 Å². The van der Waals surface area contributed by atoms with Gasteiger partial charge in [0.1, 0.15) is 0 Å². The molecule has 2 rings (SSSR count). The van der Waals surface area contributed by atoms with Crippen LogP contribution in [0.5, 0.6) is 0 Å². The van der Waals surface area contributed by atoms with Gasteiger partial charge in [0, 0.05) is 19.1 Å². The molecule has 1 saturated heterocycles. The van der Waals surface area contributed by atoms with Crippen molar-refractivity contribution < 1.29 is 4.79 Å². The highest BCUT2D eigenvalue weighted by molar-refractivity contribution is 6.33. The van der Waals surface area contributed by atoms with Crippen LogP contribution in [0.15, 0.2) is 18.2 Å². The van der Waals surface area contributed by atoms with Gasteiger partial charge in [-0.15, -0.1) is 0 Å². The molecule has 3 N–H and O–H groups in total. The van der Waals surface area contributed by atoms with Crippen LogP contribution >= 0.6 is 11.6 Å². The third-order valence-corrected chi connectivity index (χ3v) is 4.45. The largest absolute Gasteiger partial charge is 0.370 e. The molecule has 0 radical (unpaired) electrons. The van der Waals surface area contributed by atoms with E-state index in [0.29, 0.717) is 6.54 Å². The number of nitrogens with zero attached hydrogens (tertiary/aromatic N) is 1. The molecule has 1 amide bonds. The second-order valence-electron chi connectivity index (χ2n) is 5.68. The maximum absolute atomic E-state index is 11.4. The van der Waals surface area contributed by atoms with Crippen molar-refractivity contribution in [1.29, 1.82) is 0 Å². The number of benzene rings is 1. The zero-order valence-corrected chi connectivity index (χ0v) is 13.5. The fourth-order valence-electron chi connectivity index (χ4n) is 2.90. The van der Waals surface area contributed by atoms with E-state index in [1.165, 1.54) is 5.56 Å². The molecule has 1 aromatic rings. The molecule has 21 heavy (non-hydrogen) atoms. The monoisotopic (exact) mass is 309 g/mol. The minimum Gasteiger partial charge on any atom is -0.370 e.